The van der Waals surface area contributed by atoms with Gasteiger partial charge < -0.3 is 4.90 Å². The molecule has 1 unspecified atom stereocenters. The number of nitrogens with zero attached hydrogens (tertiary/aromatic N) is 2. The molecule has 0 heterocycles. The number of allylic oxidation sites excluding steroid dienone is 6. The van der Waals surface area contributed by atoms with E-state index >= 15 is 0 Å². The summed E-state index contributed by atoms with van der Waals surface area (Å²) < 4.78 is 0. The Labute approximate surface area is 282 Å². The Hall–Kier alpha value is -1.68. The van der Waals surface area contributed by atoms with Crippen molar-refractivity contribution in [2.45, 2.75) is 188 Å². The first kappa shape index (κ1) is 43.3. The fourth-order valence-electron chi connectivity index (χ4n) is 5.49. The van der Waals surface area contributed by atoms with Gasteiger partial charge in [-0.1, -0.05) is 147 Å². The average Bonchev–Trinajstić information content (AvgIpc) is 3.03. The molecule has 0 aliphatic carbocycles. The smallest absolute Gasteiger partial charge is 0.241 e. The first-order chi connectivity index (χ1) is 22.0. The number of hydrazone groups is 1. The van der Waals surface area contributed by atoms with Crippen LogP contribution in [0.2, 0.25) is 0 Å². The van der Waals surface area contributed by atoms with Crippen LogP contribution in [0.1, 0.15) is 188 Å². The van der Waals surface area contributed by atoms with Crippen molar-refractivity contribution in [3.63, 3.8) is 0 Å². The number of carbonyl (C=O) groups is 1. The molecule has 1 amide bonds. The Morgan fingerprint density at radius 1 is 0.622 bits per heavy atom. The molecule has 0 aromatic heterocycles. The van der Waals surface area contributed by atoms with Crippen molar-refractivity contribution in [3.05, 3.63) is 36.5 Å². The van der Waals surface area contributed by atoms with Crippen molar-refractivity contribution in [1.82, 2.24) is 10.3 Å². The largest absolute Gasteiger partial charge is 0.309 e. The molecule has 0 spiro atoms. The molecule has 1 N–H and O–H groups in total. The maximum absolute atomic E-state index is 12.2. The van der Waals surface area contributed by atoms with Crippen LogP contribution in [0, 0.1) is 5.92 Å². The molecule has 0 rings (SSSR count). The second kappa shape index (κ2) is 35.2. The standard InChI is InChI=1S/C41H77N3O/c1-6-8-10-12-14-15-16-17-18-19-20-21-22-27-31-35-40(42-43-41(45)37-38-44(4)5)36-32-28-24-23-26-30-34-39(3)33-29-25-13-11-9-7-2/h12,14,16-17,25,29,39H,6-11,13,15,18-24,26-28,30-38H2,1-5H3,(H,43,45)/b14-12+,17-16-,29-25-,42-40?. The van der Waals surface area contributed by atoms with Gasteiger partial charge in [-0.2, -0.15) is 5.10 Å². The van der Waals surface area contributed by atoms with Gasteiger partial charge in [0.25, 0.3) is 0 Å². The number of carbonyl (C=O) groups excluding carboxylic acids is 1. The maximum atomic E-state index is 12.2. The van der Waals surface area contributed by atoms with Gasteiger partial charge >= 0.3 is 0 Å². The summed E-state index contributed by atoms with van der Waals surface area (Å²) in [6.07, 6.45) is 46.2. The third-order valence-electron chi connectivity index (χ3n) is 8.63. The van der Waals surface area contributed by atoms with Gasteiger partial charge in [-0.05, 0) is 90.6 Å². The van der Waals surface area contributed by atoms with Crippen molar-refractivity contribution in [1.29, 1.82) is 0 Å². The lowest BCUT2D eigenvalue weighted by Gasteiger charge is -2.10. The van der Waals surface area contributed by atoms with Crippen LogP contribution >= 0.6 is 0 Å². The van der Waals surface area contributed by atoms with Gasteiger partial charge in [0.2, 0.25) is 5.91 Å². The normalized spacial score (nSPS) is 13.2. The van der Waals surface area contributed by atoms with Crippen LogP contribution in [-0.4, -0.2) is 37.2 Å². The third-order valence-corrected chi connectivity index (χ3v) is 8.63. The quantitative estimate of drug-likeness (QED) is 0.0340. The highest BCUT2D eigenvalue weighted by molar-refractivity contribution is 5.86. The second-order valence-electron chi connectivity index (χ2n) is 13.7. The van der Waals surface area contributed by atoms with Crippen molar-refractivity contribution in [2.75, 3.05) is 20.6 Å². The summed E-state index contributed by atoms with van der Waals surface area (Å²) in [7, 11) is 4.00. The first-order valence-corrected chi connectivity index (χ1v) is 19.4. The van der Waals surface area contributed by atoms with E-state index in [0.29, 0.717) is 6.42 Å². The van der Waals surface area contributed by atoms with Crippen LogP contribution in [0.4, 0.5) is 0 Å². The Bertz CT molecular complexity index is 752. The molecule has 0 fully saturated rings. The molecule has 0 radical (unpaired) electrons. The summed E-state index contributed by atoms with van der Waals surface area (Å²) in [6, 6.07) is 0. The minimum absolute atomic E-state index is 0.0315. The fourth-order valence-corrected chi connectivity index (χ4v) is 5.49. The lowest BCUT2D eigenvalue weighted by Crippen LogP contribution is -2.24. The van der Waals surface area contributed by atoms with Gasteiger partial charge in [-0.3, -0.25) is 4.79 Å². The average molecular weight is 628 g/mol. The molecule has 0 saturated heterocycles. The summed E-state index contributed by atoms with van der Waals surface area (Å²) >= 11 is 0. The predicted octanol–water partition coefficient (Wildman–Crippen LogP) is 12.5. The van der Waals surface area contributed by atoms with E-state index in [1.807, 2.05) is 19.0 Å². The molecule has 262 valence electrons. The van der Waals surface area contributed by atoms with Crippen LogP contribution in [0.25, 0.3) is 0 Å². The number of hydrogen-bond acceptors (Lipinski definition) is 3. The number of rotatable bonds is 33. The first-order valence-electron chi connectivity index (χ1n) is 19.4. The van der Waals surface area contributed by atoms with Gasteiger partial charge in [0.1, 0.15) is 0 Å². The molecule has 0 saturated carbocycles. The van der Waals surface area contributed by atoms with Gasteiger partial charge in [0, 0.05) is 18.7 Å². The zero-order valence-corrected chi connectivity index (χ0v) is 30.9. The van der Waals surface area contributed by atoms with E-state index in [0.717, 1.165) is 31.7 Å². The number of amides is 1. The van der Waals surface area contributed by atoms with E-state index in [-0.39, 0.29) is 5.91 Å². The van der Waals surface area contributed by atoms with Crippen molar-refractivity contribution < 1.29 is 4.79 Å². The second-order valence-corrected chi connectivity index (χ2v) is 13.7. The van der Waals surface area contributed by atoms with Crippen molar-refractivity contribution in [3.8, 4) is 0 Å². The van der Waals surface area contributed by atoms with E-state index in [2.05, 4.69) is 67.8 Å². The molecule has 45 heavy (non-hydrogen) atoms. The number of nitrogens with one attached hydrogen (secondary N) is 1. The molecule has 0 bridgehead atoms. The maximum Gasteiger partial charge on any atom is 0.241 e. The van der Waals surface area contributed by atoms with Crippen molar-refractivity contribution >= 4 is 11.6 Å². The summed E-state index contributed by atoms with van der Waals surface area (Å²) in [6.45, 7) is 7.69. The van der Waals surface area contributed by atoms with E-state index < -0.39 is 0 Å². The minimum atomic E-state index is 0.0315. The highest BCUT2D eigenvalue weighted by Crippen LogP contribution is 2.17. The van der Waals surface area contributed by atoms with E-state index in [9.17, 15) is 4.79 Å². The van der Waals surface area contributed by atoms with Gasteiger partial charge in [0.15, 0.2) is 0 Å². The van der Waals surface area contributed by atoms with Crippen LogP contribution in [0.3, 0.4) is 0 Å². The van der Waals surface area contributed by atoms with Crippen LogP contribution < -0.4 is 5.43 Å². The summed E-state index contributed by atoms with van der Waals surface area (Å²) in [5.41, 5.74) is 4.05. The summed E-state index contributed by atoms with van der Waals surface area (Å²) in [5, 5.41) is 4.60. The highest BCUT2D eigenvalue weighted by atomic mass is 16.2. The molecule has 4 heteroatoms. The van der Waals surface area contributed by atoms with Gasteiger partial charge in [-0.25, -0.2) is 5.43 Å². The fraction of sp³-hybridized carbons (Fsp3) is 0.805. The number of unbranched alkanes of at least 4 members (excludes halogenated alkanes) is 16. The monoisotopic (exact) mass is 628 g/mol. The van der Waals surface area contributed by atoms with Gasteiger partial charge in [-0.15, -0.1) is 0 Å². The molecule has 0 aromatic carbocycles. The van der Waals surface area contributed by atoms with Crippen LogP contribution in [-0.2, 0) is 4.79 Å². The molecular weight excluding hydrogens is 550 g/mol. The summed E-state index contributed by atoms with van der Waals surface area (Å²) in [4.78, 5) is 14.3. The summed E-state index contributed by atoms with van der Waals surface area (Å²) in [5.74, 6) is 0.845. The van der Waals surface area contributed by atoms with Crippen LogP contribution in [0.5, 0.6) is 0 Å². The van der Waals surface area contributed by atoms with E-state index in [1.54, 1.807) is 0 Å². The molecule has 0 aliphatic rings. The molecule has 1 atom stereocenters. The SMILES string of the molecule is CCCC/C=C/C/C=C\CCCCCCCCC(CCCCCCCCC(C)C/C=C\CCCCC)=NNC(=O)CCN(C)C. The zero-order chi connectivity index (χ0) is 33.1. The Morgan fingerprint density at radius 3 is 1.73 bits per heavy atom. The molecule has 0 aliphatic heterocycles. The molecular formula is C41H77N3O. The zero-order valence-electron chi connectivity index (χ0n) is 30.9. The Balaban J connectivity index is 4.11. The van der Waals surface area contributed by atoms with Crippen LogP contribution in [0.15, 0.2) is 41.6 Å². The lowest BCUT2D eigenvalue weighted by atomic mass is 9.98. The van der Waals surface area contributed by atoms with Crippen molar-refractivity contribution in [2.24, 2.45) is 11.0 Å². The molecule has 0 aromatic rings. The Kier molecular flexibility index (Phi) is 33.9. The highest BCUT2D eigenvalue weighted by Gasteiger charge is 2.05. The predicted molar refractivity (Wildman–Crippen MR) is 202 cm³/mol. The molecule has 4 nitrogen and oxygen atoms in total. The topological polar surface area (TPSA) is 44.7 Å². The van der Waals surface area contributed by atoms with E-state index in [4.69, 9.17) is 0 Å². The lowest BCUT2D eigenvalue weighted by molar-refractivity contribution is -0.121. The number of hydrogen-bond donors (Lipinski definition) is 1. The van der Waals surface area contributed by atoms with E-state index in [1.165, 1.54) is 147 Å². The minimum Gasteiger partial charge on any atom is -0.309 e. The third kappa shape index (κ3) is 35.0. The van der Waals surface area contributed by atoms with Gasteiger partial charge in [0.05, 0.1) is 0 Å². The Morgan fingerprint density at radius 2 is 1.13 bits per heavy atom.